The summed E-state index contributed by atoms with van der Waals surface area (Å²) >= 11 is 0. The van der Waals surface area contributed by atoms with Crippen molar-refractivity contribution in [3.8, 4) is 0 Å². The molecule has 0 bridgehead atoms. The number of carboxylic acid groups (broad SMARTS) is 3. The van der Waals surface area contributed by atoms with Crippen LogP contribution in [0.1, 0.15) is 119 Å². The van der Waals surface area contributed by atoms with Crippen molar-refractivity contribution in [1.82, 2.24) is 0 Å². The van der Waals surface area contributed by atoms with Gasteiger partial charge in [-0.3, -0.25) is 0 Å². The normalized spacial score (nSPS) is 12.6. The van der Waals surface area contributed by atoms with E-state index in [-0.39, 0.29) is 55.5 Å². The van der Waals surface area contributed by atoms with Crippen LogP contribution in [-0.4, -0.2) is 17.9 Å². The largest absolute Gasteiger partial charge is 3.00 e. The topological polar surface area (TPSA) is 120 Å². The summed E-state index contributed by atoms with van der Waals surface area (Å²) in [6, 6.07) is 0. The van der Waals surface area contributed by atoms with E-state index in [0.29, 0.717) is 19.3 Å². The zero-order chi connectivity index (χ0) is 23.9. The summed E-state index contributed by atoms with van der Waals surface area (Å²) in [5.74, 6) is -3.34. The Balaban J connectivity index is -0.000000174. The van der Waals surface area contributed by atoms with Crippen LogP contribution in [0.15, 0.2) is 0 Å². The fourth-order valence-electron chi connectivity index (χ4n) is 2.82. The van der Waals surface area contributed by atoms with Crippen molar-refractivity contribution in [1.29, 1.82) is 0 Å². The molecule has 0 saturated heterocycles. The Morgan fingerprint density at radius 3 is 0.806 bits per heavy atom. The minimum atomic E-state index is -0.893. The van der Waals surface area contributed by atoms with Crippen molar-refractivity contribution < 1.29 is 67.4 Å². The maximum atomic E-state index is 10.3. The number of hydrogen-bond donors (Lipinski definition) is 0. The van der Waals surface area contributed by atoms with E-state index >= 15 is 0 Å². The summed E-state index contributed by atoms with van der Waals surface area (Å²) in [6.07, 6.45) is 10.6. The predicted octanol–water partition coefficient (Wildman–Crippen LogP) is 2.86. The zero-order valence-corrected chi connectivity index (χ0v) is 22.4. The molecule has 0 aromatic carbocycles. The Morgan fingerprint density at radius 2 is 0.710 bits per heavy atom. The summed E-state index contributed by atoms with van der Waals surface area (Å²) in [7, 11) is 0. The van der Waals surface area contributed by atoms with Gasteiger partial charge in [0.1, 0.15) is 0 Å². The van der Waals surface area contributed by atoms with Gasteiger partial charge in [0, 0.05) is 17.9 Å². The van der Waals surface area contributed by atoms with Crippen LogP contribution >= 0.6 is 0 Å². The molecule has 0 fully saturated rings. The molecule has 0 amide bonds. The number of hydrogen-bond acceptors (Lipinski definition) is 6. The van der Waals surface area contributed by atoms with E-state index in [9.17, 15) is 29.7 Å². The van der Waals surface area contributed by atoms with Gasteiger partial charge in [0.15, 0.2) is 0 Å². The van der Waals surface area contributed by atoms with Gasteiger partial charge >= 0.3 is 37.7 Å². The first-order valence-electron chi connectivity index (χ1n) is 11.8. The second-order valence-electron chi connectivity index (χ2n) is 7.70. The van der Waals surface area contributed by atoms with Gasteiger partial charge in [-0.25, -0.2) is 0 Å². The van der Waals surface area contributed by atoms with Crippen LogP contribution in [0.2, 0.25) is 0 Å². The second kappa shape index (κ2) is 27.7. The molecule has 31 heavy (non-hydrogen) atoms. The minimum Gasteiger partial charge on any atom is -0.550 e. The van der Waals surface area contributed by atoms with E-state index in [4.69, 9.17) is 0 Å². The van der Waals surface area contributed by atoms with Crippen molar-refractivity contribution in [3.05, 3.63) is 0 Å². The average molecular weight is 595 g/mol. The number of carbonyl (C=O) groups excluding carboxylic acids is 3. The maximum Gasteiger partial charge on any atom is 3.00 e. The Kier molecular flexibility index (Phi) is 33.9. The number of carbonyl (C=O) groups is 3. The molecule has 0 aliphatic rings. The number of aliphatic carboxylic acids is 3. The van der Waals surface area contributed by atoms with Crippen LogP contribution in [0.5, 0.6) is 0 Å². The number of carboxylic acids is 3. The summed E-state index contributed by atoms with van der Waals surface area (Å²) in [6.45, 7) is 11.8. The quantitative estimate of drug-likeness (QED) is 0.269. The second-order valence-corrected chi connectivity index (χ2v) is 7.70. The van der Waals surface area contributed by atoms with Crippen LogP contribution in [-0.2, 0) is 14.4 Å². The summed E-state index contributed by atoms with van der Waals surface area (Å²) in [5, 5.41) is 31.0. The molecule has 0 aromatic rings. The third-order valence-corrected chi connectivity index (χ3v) is 5.20. The van der Waals surface area contributed by atoms with Crippen molar-refractivity contribution in [2.24, 2.45) is 17.8 Å². The van der Waals surface area contributed by atoms with Crippen molar-refractivity contribution in [2.45, 2.75) is 119 Å². The van der Waals surface area contributed by atoms with E-state index in [1.54, 1.807) is 0 Å². The van der Waals surface area contributed by atoms with Crippen molar-refractivity contribution >= 4 is 17.9 Å². The fraction of sp³-hybridized carbons (Fsp3) is 0.875. The molecule has 0 aliphatic carbocycles. The third kappa shape index (κ3) is 25.8. The molecular formula is C24H45HoO6. The summed E-state index contributed by atoms with van der Waals surface area (Å²) < 4.78 is 0. The average Bonchev–Trinajstić information content (AvgIpc) is 2.70. The molecule has 0 N–H and O–H groups in total. The van der Waals surface area contributed by atoms with Gasteiger partial charge in [-0.1, -0.05) is 80.1 Å². The molecule has 0 aromatic heterocycles. The fourth-order valence-corrected chi connectivity index (χ4v) is 2.82. The van der Waals surface area contributed by atoms with E-state index in [2.05, 4.69) is 20.8 Å². The van der Waals surface area contributed by atoms with Crippen molar-refractivity contribution in [2.75, 3.05) is 0 Å². The molecule has 0 spiro atoms. The first-order valence-corrected chi connectivity index (χ1v) is 11.8. The predicted molar refractivity (Wildman–Crippen MR) is 115 cm³/mol. The maximum absolute atomic E-state index is 10.3. The van der Waals surface area contributed by atoms with Gasteiger partial charge in [0.25, 0.3) is 0 Å². The molecule has 0 rings (SSSR count). The van der Waals surface area contributed by atoms with E-state index in [1.807, 2.05) is 20.8 Å². The molecule has 6 nitrogen and oxygen atoms in total. The summed E-state index contributed by atoms with van der Waals surface area (Å²) in [4.78, 5) is 31.0. The van der Waals surface area contributed by atoms with Crippen LogP contribution in [0, 0.1) is 55.5 Å². The van der Waals surface area contributed by atoms with Gasteiger partial charge in [-0.15, -0.1) is 0 Å². The molecule has 188 valence electrons. The monoisotopic (exact) mass is 594 g/mol. The van der Waals surface area contributed by atoms with Crippen LogP contribution in [0.3, 0.4) is 0 Å². The number of unbranched alkanes of at least 4 members (excludes halogenated alkanes) is 3. The van der Waals surface area contributed by atoms with Gasteiger partial charge in [0.05, 0.1) is 0 Å². The smallest absolute Gasteiger partial charge is 0.550 e. The molecule has 0 radical (unpaired) electrons. The first-order chi connectivity index (χ1) is 14.2. The number of rotatable bonds is 15. The summed E-state index contributed by atoms with van der Waals surface area (Å²) in [5.41, 5.74) is 0. The Bertz CT molecular complexity index is 366. The first kappa shape index (κ1) is 38.0. The standard InChI is InChI=1S/3C8H16O2.Ho/c3*1-3-5-6-7(4-2)8(9)10;/h3*7H,3-6H2,1-2H3,(H,9,10);/q;;;+3/p-3. The van der Waals surface area contributed by atoms with E-state index < -0.39 is 17.9 Å². The Labute approximate surface area is 220 Å². The molecule has 3 atom stereocenters. The van der Waals surface area contributed by atoms with E-state index in [0.717, 1.165) is 57.8 Å². The van der Waals surface area contributed by atoms with Gasteiger partial charge < -0.3 is 29.7 Å². The van der Waals surface area contributed by atoms with E-state index in [1.165, 1.54) is 0 Å². The SMILES string of the molecule is CCCCC(CC)C(=O)[O-].CCCCC(CC)C(=O)[O-].CCCCC(CC)C(=O)[O-].[Ho+3]. The third-order valence-electron chi connectivity index (χ3n) is 5.20. The van der Waals surface area contributed by atoms with Gasteiger partial charge in [0.2, 0.25) is 0 Å². The Hall–Kier alpha value is -0.330. The zero-order valence-electron chi connectivity index (χ0n) is 20.5. The molecule has 0 aliphatic heterocycles. The van der Waals surface area contributed by atoms with Crippen molar-refractivity contribution in [3.63, 3.8) is 0 Å². The molecular weight excluding hydrogens is 549 g/mol. The van der Waals surface area contributed by atoms with Crippen LogP contribution in [0.4, 0.5) is 0 Å². The molecule has 3 unspecified atom stereocenters. The van der Waals surface area contributed by atoms with Crippen LogP contribution < -0.4 is 15.3 Å². The molecule has 0 saturated carbocycles. The molecule has 0 heterocycles. The van der Waals surface area contributed by atoms with Gasteiger partial charge in [-0.2, -0.15) is 0 Å². The Morgan fingerprint density at radius 1 is 0.516 bits per heavy atom. The minimum absolute atomic E-state index is 0. The van der Waals surface area contributed by atoms with Gasteiger partial charge in [-0.05, 0) is 56.3 Å². The van der Waals surface area contributed by atoms with Crippen LogP contribution in [0.25, 0.3) is 0 Å². The molecule has 7 heteroatoms.